The van der Waals surface area contributed by atoms with E-state index in [0.717, 1.165) is 19.4 Å². The first-order valence-electron chi connectivity index (χ1n) is 6.91. The molecule has 2 fully saturated rings. The summed E-state index contributed by atoms with van der Waals surface area (Å²) in [6.07, 6.45) is 5.17. The molecule has 0 aromatic heterocycles. The molecule has 0 aromatic rings. The smallest absolute Gasteiger partial charge is 0.320 e. The molecular weight excluding hydrogens is 232 g/mol. The summed E-state index contributed by atoms with van der Waals surface area (Å²) >= 11 is 0. The first-order chi connectivity index (χ1) is 8.63. The minimum atomic E-state index is -0.783. The molecule has 102 valence electrons. The van der Waals surface area contributed by atoms with Crippen molar-refractivity contribution in [2.45, 2.75) is 45.1 Å². The number of hydrogen-bond donors (Lipinski definition) is 1. The van der Waals surface area contributed by atoms with Crippen LogP contribution in [0.5, 0.6) is 0 Å². The predicted molar refractivity (Wildman–Crippen MR) is 67.3 cm³/mol. The highest BCUT2D eigenvalue weighted by atomic mass is 16.4. The van der Waals surface area contributed by atoms with Gasteiger partial charge in [0, 0.05) is 25.7 Å². The molecule has 2 amide bonds. The van der Waals surface area contributed by atoms with Gasteiger partial charge in [0.05, 0.1) is 5.92 Å². The van der Waals surface area contributed by atoms with Gasteiger partial charge in [-0.2, -0.15) is 0 Å². The average Bonchev–Trinajstić information content (AvgIpc) is 3.01. The Morgan fingerprint density at radius 2 is 1.94 bits per heavy atom. The van der Waals surface area contributed by atoms with Gasteiger partial charge in [-0.05, 0) is 26.2 Å². The van der Waals surface area contributed by atoms with Gasteiger partial charge < -0.3 is 14.9 Å². The van der Waals surface area contributed by atoms with Gasteiger partial charge in [-0.25, -0.2) is 4.79 Å². The number of carbonyl (C=O) groups excluding carboxylic acids is 1. The van der Waals surface area contributed by atoms with Crippen molar-refractivity contribution in [1.82, 2.24) is 9.80 Å². The van der Waals surface area contributed by atoms with E-state index in [0.29, 0.717) is 25.6 Å². The van der Waals surface area contributed by atoms with Crippen molar-refractivity contribution < 1.29 is 14.7 Å². The van der Waals surface area contributed by atoms with Crippen molar-refractivity contribution in [1.29, 1.82) is 0 Å². The minimum absolute atomic E-state index is 0.0353. The number of hydrogen-bond acceptors (Lipinski definition) is 2. The molecule has 1 unspecified atom stereocenters. The number of likely N-dealkylation sites (tertiary alicyclic amines) is 1. The molecule has 1 N–H and O–H groups in total. The second-order valence-electron chi connectivity index (χ2n) is 5.28. The van der Waals surface area contributed by atoms with E-state index in [1.807, 2.05) is 11.8 Å². The van der Waals surface area contributed by atoms with Crippen LogP contribution in [-0.4, -0.2) is 52.6 Å². The van der Waals surface area contributed by atoms with Crippen LogP contribution in [0.1, 0.15) is 39.0 Å². The van der Waals surface area contributed by atoms with Crippen LogP contribution in [0.3, 0.4) is 0 Å². The van der Waals surface area contributed by atoms with Crippen LogP contribution in [0.2, 0.25) is 0 Å². The SMILES string of the molecule is CCN(C(=O)N1CCC(C(=O)O)C1)C1CCCC1. The van der Waals surface area contributed by atoms with Crippen molar-refractivity contribution in [3.8, 4) is 0 Å². The molecule has 0 spiro atoms. The summed E-state index contributed by atoms with van der Waals surface area (Å²) in [5.74, 6) is -1.16. The number of aliphatic carboxylic acids is 1. The van der Waals surface area contributed by atoms with E-state index >= 15 is 0 Å². The third-order valence-corrected chi connectivity index (χ3v) is 4.16. The zero-order valence-electron chi connectivity index (χ0n) is 11.0. The Balaban J connectivity index is 1.95. The largest absolute Gasteiger partial charge is 0.481 e. The van der Waals surface area contributed by atoms with Crippen LogP contribution in [0, 0.1) is 5.92 Å². The van der Waals surface area contributed by atoms with Crippen molar-refractivity contribution >= 4 is 12.0 Å². The van der Waals surface area contributed by atoms with Crippen LogP contribution < -0.4 is 0 Å². The van der Waals surface area contributed by atoms with E-state index < -0.39 is 5.97 Å². The molecule has 1 saturated heterocycles. The third kappa shape index (κ3) is 2.60. The summed E-state index contributed by atoms with van der Waals surface area (Å²) < 4.78 is 0. The highest BCUT2D eigenvalue weighted by molar-refractivity contribution is 5.77. The summed E-state index contributed by atoms with van der Waals surface area (Å²) in [6.45, 7) is 3.68. The fraction of sp³-hybridized carbons (Fsp3) is 0.846. The average molecular weight is 254 g/mol. The molecule has 0 bridgehead atoms. The molecule has 2 rings (SSSR count). The first kappa shape index (κ1) is 13.2. The summed E-state index contributed by atoms with van der Waals surface area (Å²) in [7, 11) is 0. The predicted octanol–water partition coefficient (Wildman–Crippen LogP) is 1.78. The second kappa shape index (κ2) is 5.59. The van der Waals surface area contributed by atoms with E-state index in [-0.39, 0.29) is 11.9 Å². The fourth-order valence-electron chi connectivity index (χ4n) is 3.08. The van der Waals surface area contributed by atoms with E-state index in [4.69, 9.17) is 5.11 Å². The Morgan fingerprint density at radius 3 is 2.44 bits per heavy atom. The van der Waals surface area contributed by atoms with Gasteiger partial charge in [0.25, 0.3) is 0 Å². The molecule has 2 aliphatic rings. The number of carboxylic acids is 1. The molecule has 1 aliphatic carbocycles. The normalized spacial score (nSPS) is 24.5. The Labute approximate surface area is 108 Å². The lowest BCUT2D eigenvalue weighted by Gasteiger charge is -2.31. The van der Waals surface area contributed by atoms with E-state index in [1.54, 1.807) is 4.90 Å². The highest BCUT2D eigenvalue weighted by Gasteiger charge is 2.35. The standard InChI is InChI=1S/C13H22N2O3/c1-2-15(11-5-3-4-6-11)13(18)14-8-7-10(9-14)12(16)17/h10-11H,2-9H2,1H3,(H,16,17). The topological polar surface area (TPSA) is 60.9 Å². The molecule has 1 heterocycles. The van der Waals surface area contributed by atoms with Gasteiger partial charge in [-0.3, -0.25) is 4.79 Å². The second-order valence-corrected chi connectivity index (χ2v) is 5.28. The van der Waals surface area contributed by atoms with Crippen molar-refractivity contribution in [3.05, 3.63) is 0 Å². The maximum atomic E-state index is 12.4. The molecule has 5 nitrogen and oxygen atoms in total. The molecule has 1 aliphatic heterocycles. The van der Waals surface area contributed by atoms with Crippen LogP contribution in [0.25, 0.3) is 0 Å². The highest BCUT2D eigenvalue weighted by Crippen LogP contribution is 2.26. The number of urea groups is 1. The Hall–Kier alpha value is -1.26. The van der Waals surface area contributed by atoms with E-state index in [2.05, 4.69) is 0 Å². The van der Waals surface area contributed by atoms with Crippen molar-refractivity contribution in [2.24, 2.45) is 5.92 Å². The van der Waals surface area contributed by atoms with Crippen molar-refractivity contribution in [3.63, 3.8) is 0 Å². The van der Waals surface area contributed by atoms with Gasteiger partial charge in [-0.1, -0.05) is 12.8 Å². The van der Waals surface area contributed by atoms with E-state index in [9.17, 15) is 9.59 Å². The Bertz CT molecular complexity index is 326. The Morgan fingerprint density at radius 1 is 1.28 bits per heavy atom. The van der Waals surface area contributed by atoms with Gasteiger partial charge in [0.1, 0.15) is 0 Å². The summed E-state index contributed by atoms with van der Waals surface area (Å²) in [6, 6.07) is 0.402. The quantitative estimate of drug-likeness (QED) is 0.835. The zero-order valence-corrected chi connectivity index (χ0v) is 11.0. The molecule has 18 heavy (non-hydrogen) atoms. The Kier molecular flexibility index (Phi) is 4.09. The van der Waals surface area contributed by atoms with Gasteiger partial charge in [0.2, 0.25) is 0 Å². The number of carboxylic acid groups (broad SMARTS) is 1. The van der Waals surface area contributed by atoms with Gasteiger partial charge in [-0.15, -0.1) is 0 Å². The van der Waals surface area contributed by atoms with Crippen molar-refractivity contribution in [2.75, 3.05) is 19.6 Å². The molecule has 1 saturated carbocycles. The lowest BCUT2D eigenvalue weighted by Crippen LogP contribution is -2.46. The zero-order chi connectivity index (χ0) is 13.1. The van der Waals surface area contributed by atoms with Crippen LogP contribution in [0.4, 0.5) is 4.79 Å². The molecular formula is C13H22N2O3. The minimum Gasteiger partial charge on any atom is -0.481 e. The molecule has 0 radical (unpaired) electrons. The number of carbonyl (C=O) groups is 2. The number of nitrogens with zero attached hydrogens (tertiary/aromatic N) is 2. The fourth-order valence-corrected chi connectivity index (χ4v) is 3.08. The number of rotatable bonds is 3. The van der Waals surface area contributed by atoms with Gasteiger partial charge in [0.15, 0.2) is 0 Å². The number of amides is 2. The van der Waals surface area contributed by atoms with Gasteiger partial charge >= 0.3 is 12.0 Å². The maximum absolute atomic E-state index is 12.4. The summed E-state index contributed by atoms with van der Waals surface area (Å²) in [4.78, 5) is 26.9. The summed E-state index contributed by atoms with van der Waals surface area (Å²) in [5, 5.41) is 8.97. The monoisotopic (exact) mass is 254 g/mol. The lowest BCUT2D eigenvalue weighted by atomic mass is 10.1. The van der Waals surface area contributed by atoms with Crippen LogP contribution in [-0.2, 0) is 4.79 Å². The van der Waals surface area contributed by atoms with E-state index in [1.165, 1.54) is 12.8 Å². The molecule has 0 aromatic carbocycles. The molecule has 5 heteroatoms. The molecule has 1 atom stereocenters. The lowest BCUT2D eigenvalue weighted by molar-refractivity contribution is -0.141. The first-order valence-corrected chi connectivity index (χ1v) is 6.91. The van der Waals surface area contributed by atoms with Crippen LogP contribution >= 0.6 is 0 Å². The summed E-state index contributed by atoms with van der Waals surface area (Å²) in [5.41, 5.74) is 0. The maximum Gasteiger partial charge on any atom is 0.320 e. The van der Waals surface area contributed by atoms with Crippen LogP contribution in [0.15, 0.2) is 0 Å². The third-order valence-electron chi connectivity index (χ3n) is 4.16.